The van der Waals surface area contributed by atoms with Crippen LogP contribution in [0.15, 0.2) is 24.4 Å². The number of nitrogens with one attached hydrogen (secondary N) is 2. The van der Waals surface area contributed by atoms with Crippen molar-refractivity contribution in [3.05, 3.63) is 46.5 Å². The molecule has 0 amide bonds. The third-order valence-electron chi connectivity index (χ3n) is 6.75. The normalized spacial score (nSPS) is 18.9. The highest BCUT2D eigenvalue weighted by Gasteiger charge is 2.36. The maximum Gasteiger partial charge on any atom is 0.161 e. The van der Waals surface area contributed by atoms with Crippen LogP contribution < -0.4 is 10.2 Å². The number of nitriles is 1. The summed E-state index contributed by atoms with van der Waals surface area (Å²) < 4.78 is 14.4. The molecule has 2 fully saturated rings. The van der Waals surface area contributed by atoms with E-state index < -0.39 is 11.9 Å². The van der Waals surface area contributed by atoms with E-state index in [9.17, 15) is 14.8 Å². The highest BCUT2D eigenvalue weighted by molar-refractivity contribution is 6.30. The molecule has 3 N–H and O–H groups in total. The summed E-state index contributed by atoms with van der Waals surface area (Å²) in [6.45, 7) is 10.5. The van der Waals surface area contributed by atoms with Gasteiger partial charge in [-0.05, 0) is 50.3 Å². The summed E-state index contributed by atoms with van der Waals surface area (Å²) in [4.78, 5) is 13.5. The summed E-state index contributed by atoms with van der Waals surface area (Å²) in [6.07, 6.45) is 3.94. The maximum atomic E-state index is 14.4. The fourth-order valence-electron chi connectivity index (χ4n) is 4.82. The van der Waals surface area contributed by atoms with Crippen LogP contribution >= 0.6 is 11.6 Å². The molecular weight excluding hydrogens is 481 g/mol. The van der Waals surface area contributed by atoms with Gasteiger partial charge in [-0.25, -0.2) is 14.4 Å². The number of hydrogen-bond donors (Lipinski definition) is 3. The Bertz CT molecular complexity index is 1080. The predicted octanol–water partition coefficient (Wildman–Crippen LogP) is 4.50. The molecule has 3 heterocycles. The number of likely N-dealkylation sites (tertiary alicyclic amines) is 1. The van der Waals surface area contributed by atoms with Crippen molar-refractivity contribution in [1.82, 2.24) is 14.9 Å². The average molecular weight is 516 g/mol. The monoisotopic (exact) mass is 515 g/mol. The van der Waals surface area contributed by atoms with E-state index in [4.69, 9.17) is 17.0 Å². The van der Waals surface area contributed by atoms with Crippen LogP contribution in [0.1, 0.15) is 50.9 Å². The molecule has 0 aliphatic carbocycles. The molecule has 1 aromatic carbocycles. The number of aromatic nitrogens is 2. The number of anilines is 2. The Balaban J connectivity index is 0.00000176. The highest BCUT2D eigenvalue weighted by atomic mass is 35.5. The lowest BCUT2D eigenvalue weighted by atomic mass is 9.80. The van der Waals surface area contributed by atoms with Gasteiger partial charge >= 0.3 is 0 Å². The number of benzene rings is 1. The Morgan fingerprint density at radius 3 is 2.75 bits per heavy atom. The van der Waals surface area contributed by atoms with Crippen molar-refractivity contribution in [2.75, 3.05) is 49.5 Å². The van der Waals surface area contributed by atoms with E-state index in [1.54, 1.807) is 25.3 Å². The van der Waals surface area contributed by atoms with Crippen LogP contribution in [-0.2, 0) is 0 Å². The smallest absolute Gasteiger partial charge is 0.161 e. The minimum Gasteiger partial charge on any atom is -0.395 e. The van der Waals surface area contributed by atoms with Gasteiger partial charge in [0, 0.05) is 36.8 Å². The molecule has 0 radical (unpaired) electrons. The summed E-state index contributed by atoms with van der Waals surface area (Å²) in [6, 6.07) is 5.80. The quantitative estimate of drug-likeness (QED) is 0.444. The summed E-state index contributed by atoms with van der Waals surface area (Å²) in [5, 5.41) is 29.9. The van der Waals surface area contributed by atoms with E-state index in [1.807, 2.05) is 19.9 Å². The van der Waals surface area contributed by atoms with Crippen molar-refractivity contribution in [3.63, 3.8) is 0 Å². The average Bonchev–Trinajstić information content (AvgIpc) is 2.84. The summed E-state index contributed by atoms with van der Waals surface area (Å²) in [5.74, 6) is 1.66. The Kier molecular flexibility index (Phi) is 9.99. The first-order chi connectivity index (χ1) is 17.4. The largest absolute Gasteiger partial charge is 0.395 e. The molecule has 2 unspecified atom stereocenters. The van der Waals surface area contributed by atoms with Crippen LogP contribution in [0.4, 0.5) is 16.0 Å². The molecule has 4 rings (SSSR count). The van der Waals surface area contributed by atoms with Crippen molar-refractivity contribution in [2.24, 2.45) is 11.8 Å². The third-order valence-corrected chi connectivity index (χ3v) is 6.98. The van der Waals surface area contributed by atoms with Gasteiger partial charge in [0.05, 0.1) is 18.8 Å². The summed E-state index contributed by atoms with van der Waals surface area (Å²) in [5.41, 5.74) is 0.231. The van der Waals surface area contributed by atoms with E-state index in [-0.39, 0.29) is 23.8 Å². The van der Waals surface area contributed by atoms with Crippen LogP contribution in [0.25, 0.3) is 0 Å². The Morgan fingerprint density at radius 2 is 2.08 bits per heavy atom. The molecule has 36 heavy (non-hydrogen) atoms. The van der Waals surface area contributed by atoms with Gasteiger partial charge in [0.1, 0.15) is 23.4 Å². The number of rotatable bonds is 8. The lowest BCUT2D eigenvalue weighted by Gasteiger charge is -2.47. The zero-order chi connectivity index (χ0) is 26.2. The first kappa shape index (κ1) is 27.8. The van der Waals surface area contributed by atoms with E-state index in [0.717, 1.165) is 39.1 Å². The number of aliphatic hydroxyl groups excluding tert-OH is 1. The molecule has 1 aromatic heterocycles. The molecule has 2 saturated heterocycles. The van der Waals surface area contributed by atoms with Gasteiger partial charge in [-0.2, -0.15) is 5.26 Å². The van der Waals surface area contributed by atoms with E-state index >= 15 is 0 Å². The van der Waals surface area contributed by atoms with E-state index in [2.05, 4.69) is 25.1 Å². The van der Waals surface area contributed by atoms with Crippen molar-refractivity contribution >= 4 is 28.9 Å². The first-order valence-electron chi connectivity index (χ1n) is 12.5. The molecule has 0 bridgehead atoms. The number of hydrogen-bond acceptors (Lipinski definition) is 8. The standard InChI is InChI=1S/C24H29ClFN7O.C2H6/c1-15(19-5-4-18(25)9-20(19)26)30-24-23(21(28)10-27)29-11-22(31-24)33-13-17(14-33)16-3-2-6-32(12-16)7-8-34;1-2/h4-5,9,11,15-17,28,34H,2-3,6-8,12-14H2,1H3,(H,30,31);1-2H3. The number of β-amino-alcohol motifs (C(OH)–C–C–N with tert-alkyl or cyclic N) is 1. The second kappa shape index (κ2) is 12.9. The number of aliphatic hydroxyl groups is 1. The summed E-state index contributed by atoms with van der Waals surface area (Å²) in [7, 11) is 0. The molecule has 2 aliphatic heterocycles. The summed E-state index contributed by atoms with van der Waals surface area (Å²) >= 11 is 5.87. The third kappa shape index (κ3) is 6.49. The Labute approximate surface area is 217 Å². The number of halogens is 2. The van der Waals surface area contributed by atoms with E-state index in [0.29, 0.717) is 28.2 Å². The van der Waals surface area contributed by atoms with Crippen LogP contribution in [0.5, 0.6) is 0 Å². The van der Waals surface area contributed by atoms with Gasteiger partial charge in [0.2, 0.25) is 0 Å². The second-order valence-electron chi connectivity index (χ2n) is 9.04. The van der Waals surface area contributed by atoms with E-state index in [1.165, 1.54) is 12.5 Å². The molecule has 0 spiro atoms. The molecular formula is C26H35ClFN7O. The molecule has 8 nitrogen and oxygen atoms in total. The van der Waals surface area contributed by atoms with Gasteiger partial charge in [0.15, 0.2) is 11.5 Å². The first-order valence-corrected chi connectivity index (χ1v) is 12.9. The fourth-order valence-corrected chi connectivity index (χ4v) is 4.98. The molecule has 194 valence electrons. The molecule has 10 heteroatoms. The Morgan fingerprint density at radius 1 is 1.33 bits per heavy atom. The van der Waals surface area contributed by atoms with Crippen LogP contribution in [0.3, 0.4) is 0 Å². The van der Waals surface area contributed by atoms with Crippen molar-refractivity contribution in [2.45, 2.75) is 39.7 Å². The SMILES string of the molecule is CC.CC(Nc1nc(N2CC(C3CCCN(CCO)C3)C2)cnc1C(=N)C#N)c1ccc(Cl)cc1F. The van der Waals surface area contributed by atoms with Crippen LogP contribution in [-0.4, -0.2) is 65.0 Å². The Hall–Kier alpha value is -2.80. The number of piperidine rings is 1. The zero-order valence-electron chi connectivity index (χ0n) is 21.1. The lowest BCUT2D eigenvalue weighted by molar-refractivity contribution is 0.101. The second-order valence-corrected chi connectivity index (χ2v) is 9.47. The van der Waals surface area contributed by atoms with Gasteiger partial charge in [-0.3, -0.25) is 5.41 Å². The number of nitrogens with zero attached hydrogens (tertiary/aromatic N) is 5. The molecule has 2 atom stereocenters. The maximum absolute atomic E-state index is 14.4. The fraction of sp³-hybridized carbons (Fsp3) is 0.538. The van der Waals surface area contributed by atoms with Gasteiger partial charge < -0.3 is 20.2 Å². The molecule has 2 aromatic rings. The minimum absolute atomic E-state index is 0.136. The van der Waals surface area contributed by atoms with Crippen molar-refractivity contribution < 1.29 is 9.50 Å². The van der Waals surface area contributed by atoms with Crippen molar-refractivity contribution in [3.8, 4) is 6.07 Å². The van der Waals surface area contributed by atoms with Gasteiger partial charge in [0.25, 0.3) is 0 Å². The van der Waals surface area contributed by atoms with Crippen molar-refractivity contribution in [1.29, 1.82) is 10.7 Å². The van der Waals surface area contributed by atoms with Gasteiger partial charge in [-0.1, -0.05) is 31.5 Å². The van der Waals surface area contributed by atoms with Gasteiger partial charge in [-0.15, -0.1) is 0 Å². The molecule has 0 saturated carbocycles. The lowest BCUT2D eigenvalue weighted by Crippen LogP contribution is -2.54. The topological polar surface area (TPSA) is 112 Å². The van der Waals surface area contributed by atoms with Crippen LogP contribution in [0, 0.1) is 34.4 Å². The zero-order valence-corrected chi connectivity index (χ0v) is 21.9. The predicted molar refractivity (Wildman–Crippen MR) is 141 cm³/mol. The molecule has 2 aliphatic rings. The minimum atomic E-state index is -0.476. The van der Waals surface area contributed by atoms with Crippen LogP contribution in [0.2, 0.25) is 5.02 Å². The highest BCUT2D eigenvalue weighted by Crippen LogP contribution is 2.34.